The van der Waals surface area contributed by atoms with Crippen LogP contribution >= 0.6 is 0 Å². The number of allylic oxidation sites excluding steroid dienone is 8. The minimum atomic E-state index is 0.844. The van der Waals surface area contributed by atoms with Crippen LogP contribution in [0.15, 0.2) is 84.9 Å². The molecule has 4 aliphatic rings. The van der Waals surface area contributed by atoms with Crippen LogP contribution in [0, 0.1) is 0 Å². The van der Waals surface area contributed by atoms with Crippen LogP contribution in [-0.2, 0) is 51.4 Å². The van der Waals surface area contributed by atoms with Crippen LogP contribution in [0.4, 0.5) is 0 Å². The third-order valence-corrected chi connectivity index (χ3v) is 21.6. The van der Waals surface area contributed by atoms with Gasteiger partial charge in [-0.25, -0.2) is 19.9 Å². The molecule has 0 aliphatic carbocycles. The minimum absolute atomic E-state index is 0.844. The van der Waals surface area contributed by atoms with Crippen LogP contribution in [0.5, 0.6) is 0 Å². The van der Waals surface area contributed by atoms with E-state index in [4.69, 9.17) is 19.9 Å². The van der Waals surface area contributed by atoms with Crippen molar-refractivity contribution in [1.29, 1.82) is 0 Å². The Morgan fingerprint density at radius 3 is 0.777 bits per heavy atom. The highest BCUT2D eigenvalue weighted by Crippen LogP contribution is 2.49. The molecule has 0 atom stereocenters. The summed E-state index contributed by atoms with van der Waals surface area (Å²) in [7, 11) is 0. The minimum Gasteiger partial charge on any atom is -0.355 e. The summed E-state index contributed by atoms with van der Waals surface area (Å²) in [6, 6.07) is 33.2. The van der Waals surface area contributed by atoms with Crippen molar-refractivity contribution in [3.8, 4) is 22.3 Å². The van der Waals surface area contributed by atoms with Crippen molar-refractivity contribution in [3.05, 3.63) is 175 Å². The Morgan fingerprint density at radius 1 is 0.245 bits per heavy atom. The SMILES string of the molecule is CCC1=C(CC)c2cc3[nH]c(c(CC)c3CC)c(-c3cccc4cc5cccc(-c6c7nc(cc8[nH]c(cc9nc(cc%10[nH]c6c(CC)c%10CC)C(CC)=C9CC)c(CC)c8CC)C(CC)=C7CC)c5cc34)c3nc(cc4[nH]c(cc1n2)c(CC)c4CC)C(CC)=C3CC. The summed E-state index contributed by atoms with van der Waals surface area (Å²) in [5.41, 5.74) is 43.7. The fraction of sp³-hybridized carbons (Fsp3) is 0.372. The summed E-state index contributed by atoms with van der Waals surface area (Å²) in [6.07, 6.45) is 14.2. The molecule has 0 saturated carbocycles. The van der Waals surface area contributed by atoms with E-state index in [0.717, 1.165) is 204 Å². The quantitative estimate of drug-likeness (QED) is 0.0641. The molecule has 8 heteroatoms. The third-order valence-electron chi connectivity index (χ3n) is 21.6. The van der Waals surface area contributed by atoms with Gasteiger partial charge in [0.05, 0.1) is 56.6 Å². The van der Waals surface area contributed by atoms with E-state index in [1.54, 1.807) is 0 Å². The van der Waals surface area contributed by atoms with E-state index in [9.17, 15) is 0 Å². The lowest BCUT2D eigenvalue weighted by atomic mass is 9.87. The highest BCUT2D eigenvalue weighted by atomic mass is 14.8. The molecule has 94 heavy (non-hydrogen) atoms. The first-order valence-corrected chi connectivity index (χ1v) is 36.4. The summed E-state index contributed by atoms with van der Waals surface area (Å²) in [5.74, 6) is 0. The molecule has 0 saturated heterocycles. The molecule has 4 N–H and O–H groups in total. The van der Waals surface area contributed by atoms with Gasteiger partial charge in [0.25, 0.3) is 0 Å². The molecular weight excluding hydrogens is 1150 g/mol. The Bertz CT molecular complexity index is 4770. The molecule has 10 heterocycles. The number of aromatic nitrogens is 8. The molecule has 0 spiro atoms. The standard InChI is InChI=1S/C86H98N8/c1-17-49-53(21-5)73-43-77-57(25-9)61(29-13)83(91-77)81(84-62(30-14)58(26-10)78(92-84)44-74-54(22-6)50(18-2)70(88-74)41-69(49)87-73)65-37-33-35-47-39-48-36-34-38-66(68(48)40-67(47)65)82-85-63(31-15)59(27-11)79(93-85)45-75-55(23-7)51(19-3)71(89-75)42-72-52(20-4)56(24-8)76(90-72)46-80-60(28-12)64(32-16)86(82)94-80/h33-46,87,89,92,94H,17-32H2,1-16H3. The van der Waals surface area contributed by atoms with Gasteiger partial charge in [0.1, 0.15) is 0 Å². The van der Waals surface area contributed by atoms with Gasteiger partial charge >= 0.3 is 0 Å². The van der Waals surface area contributed by atoms with E-state index in [2.05, 4.69) is 216 Å². The molecule has 6 aromatic heterocycles. The number of hydrogen-bond acceptors (Lipinski definition) is 4. The monoisotopic (exact) mass is 1240 g/mol. The van der Waals surface area contributed by atoms with Crippen LogP contribution in [0.2, 0.25) is 0 Å². The second-order valence-electron chi connectivity index (χ2n) is 26.0. The number of nitrogens with zero attached hydrogens (tertiary/aromatic N) is 4. The van der Waals surface area contributed by atoms with E-state index in [1.165, 1.54) is 122 Å². The fourth-order valence-corrected chi connectivity index (χ4v) is 17.4. The van der Waals surface area contributed by atoms with Gasteiger partial charge in [-0.15, -0.1) is 0 Å². The Balaban J connectivity index is 1.21. The van der Waals surface area contributed by atoms with Gasteiger partial charge in [-0.05, 0) is 273 Å². The second-order valence-corrected chi connectivity index (χ2v) is 26.0. The molecule has 16 bridgehead atoms. The predicted molar refractivity (Wildman–Crippen MR) is 406 cm³/mol. The summed E-state index contributed by atoms with van der Waals surface area (Å²) in [6.45, 7) is 37.0. The lowest BCUT2D eigenvalue weighted by molar-refractivity contribution is 1.07. The number of H-pyrrole nitrogens is 4. The van der Waals surface area contributed by atoms with E-state index < -0.39 is 0 Å². The van der Waals surface area contributed by atoms with Gasteiger partial charge in [-0.2, -0.15) is 0 Å². The van der Waals surface area contributed by atoms with Crippen LogP contribution in [-0.4, -0.2) is 39.9 Å². The van der Waals surface area contributed by atoms with Crippen LogP contribution < -0.4 is 0 Å². The summed E-state index contributed by atoms with van der Waals surface area (Å²) >= 11 is 0. The highest BCUT2D eigenvalue weighted by Gasteiger charge is 2.30. The maximum atomic E-state index is 6.01. The zero-order chi connectivity index (χ0) is 66.0. The molecule has 4 aliphatic heterocycles. The molecule has 0 unspecified atom stereocenters. The van der Waals surface area contributed by atoms with Crippen LogP contribution in [0.25, 0.3) is 133 Å². The van der Waals surface area contributed by atoms with Crippen molar-refractivity contribution in [1.82, 2.24) is 39.9 Å². The van der Waals surface area contributed by atoms with Gasteiger partial charge in [0.15, 0.2) is 0 Å². The number of hydrogen-bond donors (Lipinski definition) is 4. The number of aromatic amines is 4. The summed E-state index contributed by atoms with van der Waals surface area (Å²) in [5, 5.41) is 4.77. The zero-order valence-corrected chi connectivity index (χ0v) is 59.2. The first-order valence-electron chi connectivity index (χ1n) is 36.4. The summed E-state index contributed by atoms with van der Waals surface area (Å²) in [4.78, 5) is 39.7. The topological polar surface area (TPSA) is 115 Å². The number of nitrogens with one attached hydrogen (secondary N) is 4. The van der Waals surface area contributed by atoms with E-state index in [0.29, 0.717) is 0 Å². The van der Waals surface area contributed by atoms with E-state index >= 15 is 0 Å². The number of benzene rings is 3. The lowest BCUT2D eigenvalue weighted by Gasteiger charge is -2.16. The average molecular weight is 1240 g/mol. The van der Waals surface area contributed by atoms with Crippen molar-refractivity contribution in [3.63, 3.8) is 0 Å². The third kappa shape index (κ3) is 10.2. The number of fused-ring (bicyclic) bond motifs is 18. The first kappa shape index (κ1) is 64.1. The molecule has 9 aromatic rings. The molecule has 482 valence electrons. The zero-order valence-electron chi connectivity index (χ0n) is 59.2. The highest BCUT2D eigenvalue weighted by molar-refractivity contribution is 6.15. The second kappa shape index (κ2) is 26.3. The Labute approximate surface area is 557 Å². The molecule has 13 rings (SSSR count). The summed E-state index contributed by atoms with van der Waals surface area (Å²) < 4.78 is 0. The van der Waals surface area contributed by atoms with Gasteiger partial charge in [0, 0.05) is 44.2 Å². The number of aryl methyl sites for hydroxylation is 8. The van der Waals surface area contributed by atoms with Crippen LogP contribution in [0.1, 0.15) is 252 Å². The Hall–Kier alpha value is -8.62. The van der Waals surface area contributed by atoms with Crippen molar-refractivity contribution in [2.75, 3.05) is 0 Å². The molecule has 3 aromatic carbocycles. The van der Waals surface area contributed by atoms with E-state index in [1.807, 2.05) is 0 Å². The van der Waals surface area contributed by atoms with E-state index in [-0.39, 0.29) is 0 Å². The molecule has 0 amide bonds. The smallest absolute Gasteiger partial charge is 0.0772 e. The fourth-order valence-electron chi connectivity index (χ4n) is 17.4. The Morgan fingerprint density at radius 2 is 0.500 bits per heavy atom. The van der Waals surface area contributed by atoms with Gasteiger partial charge < -0.3 is 19.9 Å². The van der Waals surface area contributed by atoms with Crippen molar-refractivity contribution >= 4 is 110 Å². The first-order chi connectivity index (χ1) is 45.9. The molecule has 0 radical (unpaired) electrons. The average Bonchev–Trinajstić information content (AvgIpc) is 1.47. The largest absolute Gasteiger partial charge is 0.355 e. The maximum absolute atomic E-state index is 6.01. The molecular formula is C86H98N8. The van der Waals surface area contributed by atoms with Crippen molar-refractivity contribution in [2.24, 2.45) is 0 Å². The number of rotatable bonds is 18. The van der Waals surface area contributed by atoms with Crippen LogP contribution in [0.3, 0.4) is 0 Å². The van der Waals surface area contributed by atoms with Crippen molar-refractivity contribution in [2.45, 2.75) is 214 Å². The van der Waals surface area contributed by atoms with Gasteiger partial charge in [-0.1, -0.05) is 147 Å². The molecule has 8 nitrogen and oxygen atoms in total. The lowest BCUT2D eigenvalue weighted by Crippen LogP contribution is -1.95. The van der Waals surface area contributed by atoms with Gasteiger partial charge in [-0.3, -0.25) is 0 Å². The Kier molecular flexibility index (Phi) is 17.9. The molecule has 0 fully saturated rings. The predicted octanol–water partition coefficient (Wildman–Crippen LogP) is 24.0. The van der Waals surface area contributed by atoms with Crippen molar-refractivity contribution < 1.29 is 0 Å². The normalized spacial score (nSPS) is 13.6. The maximum Gasteiger partial charge on any atom is 0.0772 e. The van der Waals surface area contributed by atoms with Gasteiger partial charge in [0.2, 0.25) is 0 Å².